The number of para-hydroxylation sites is 1. The van der Waals surface area contributed by atoms with Crippen LogP contribution >= 0.6 is 22.7 Å². The van der Waals surface area contributed by atoms with Crippen molar-refractivity contribution in [1.82, 2.24) is 4.98 Å². The molecular formula is C21H16N4O2S2. The Morgan fingerprint density at radius 3 is 2.03 bits per heavy atom. The van der Waals surface area contributed by atoms with E-state index in [1.807, 2.05) is 35.7 Å². The zero-order valence-corrected chi connectivity index (χ0v) is 16.7. The summed E-state index contributed by atoms with van der Waals surface area (Å²) in [5, 5.41) is 12.9. The summed E-state index contributed by atoms with van der Waals surface area (Å²) in [5.41, 5.74) is 2.32. The van der Waals surface area contributed by atoms with Crippen LogP contribution in [0.1, 0.15) is 10.5 Å². The van der Waals surface area contributed by atoms with E-state index in [1.54, 1.807) is 53.1 Å². The van der Waals surface area contributed by atoms with Gasteiger partial charge in [0.05, 0.1) is 4.88 Å². The molecule has 0 spiro atoms. The summed E-state index contributed by atoms with van der Waals surface area (Å²) in [5.74, 6) is -0.272. The van der Waals surface area contributed by atoms with E-state index in [9.17, 15) is 9.59 Å². The van der Waals surface area contributed by atoms with E-state index in [-0.39, 0.29) is 11.9 Å². The maximum absolute atomic E-state index is 12.4. The minimum absolute atomic E-state index is 0.272. The van der Waals surface area contributed by atoms with E-state index in [1.165, 1.54) is 11.3 Å². The minimum Gasteiger partial charge on any atom is -0.321 e. The molecule has 2 aromatic heterocycles. The number of benzene rings is 2. The number of nitrogens with zero attached hydrogens (tertiary/aromatic N) is 1. The molecule has 29 heavy (non-hydrogen) atoms. The lowest BCUT2D eigenvalue weighted by atomic mass is 10.2. The third-order valence-electron chi connectivity index (χ3n) is 3.90. The quantitative estimate of drug-likeness (QED) is 0.383. The van der Waals surface area contributed by atoms with Crippen molar-refractivity contribution in [2.45, 2.75) is 0 Å². The van der Waals surface area contributed by atoms with Crippen molar-refractivity contribution in [3.05, 3.63) is 83.2 Å². The zero-order valence-electron chi connectivity index (χ0n) is 15.1. The summed E-state index contributed by atoms with van der Waals surface area (Å²) >= 11 is 3.03. The Labute approximate surface area is 175 Å². The van der Waals surface area contributed by atoms with Gasteiger partial charge in [-0.1, -0.05) is 24.3 Å². The number of aromatic nitrogens is 1. The van der Waals surface area contributed by atoms with Gasteiger partial charge in [-0.05, 0) is 47.8 Å². The van der Waals surface area contributed by atoms with Crippen LogP contribution in [0.2, 0.25) is 0 Å². The molecule has 8 heteroatoms. The first-order valence-corrected chi connectivity index (χ1v) is 10.5. The molecule has 0 saturated carbocycles. The number of hydrogen-bond acceptors (Lipinski definition) is 5. The molecule has 2 heterocycles. The van der Waals surface area contributed by atoms with Crippen LogP contribution in [0.4, 0.5) is 21.9 Å². The molecular weight excluding hydrogens is 404 g/mol. The Balaban J connectivity index is 1.34. The highest BCUT2D eigenvalue weighted by Gasteiger charge is 2.13. The lowest BCUT2D eigenvalue weighted by molar-refractivity contribution is 0.102. The van der Waals surface area contributed by atoms with E-state index in [4.69, 9.17) is 0 Å². The molecule has 0 bridgehead atoms. The minimum atomic E-state index is -0.337. The fourth-order valence-corrected chi connectivity index (χ4v) is 4.15. The van der Waals surface area contributed by atoms with Crippen molar-refractivity contribution >= 4 is 51.7 Å². The van der Waals surface area contributed by atoms with Crippen LogP contribution in [-0.2, 0) is 0 Å². The third-order valence-corrected chi connectivity index (χ3v) is 5.78. The van der Waals surface area contributed by atoms with Gasteiger partial charge in [-0.3, -0.25) is 4.79 Å². The van der Waals surface area contributed by atoms with Crippen LogP contribution in [0.25, 0.3) is 9.88 Å². The molecule has 0 aliphatic rings. The molecule has 0 radical (unpaired) electrons. The lowest BCUT2D eigenvalue weighted by Gasteiger charge is -2.09. The molecule has 0 aliphatic heterocycles. The number of carbonyl (C=O) groups is 2. The Morgan fingerprint density at radius 2 is 1.38 bits per heavy atom. The van der Waals surface area contributed by atoms with E-state index >= 15 is 0 Å². The van der Waals surface area contributed by atoms with Crippen LogP contribution in [0, 0.1) is 0 Å². The maximum atomic E-state index is 12.4. The first-order valence-electron chi connectivity index (χ1n) is 8.71. The summed E-state index contributed by atoms with van der Waals surface area (Å²) in [6.07, 6.45) is 0. The van der Waals surface area contributed by atoms with Gasteiger partial charge in [0.1, 0.15) is 10.7 Å². The molecule has 6 nitrogen and oxygen atoms in total. The van der Waals surface area contributed by atoms with Crippen molar-refractivity contribution in [2.75, 3.05) is 16.0 Å². The maximum Gasteiger partial charge on any atom is 0.323 e. The van der Waals surface area contributed by atoms with Crippen LogP contribution in [0.3, 0.4) is 0 Å². The first kappa shape index (κ1) is 18.9. The second kappa shape index (κ2) is 8.68. The molecule has 0 aliphatic carbocycles. The molecule has 0 atom stereocenters. The second-order valence-electron chi connectivity index (χ2n) is 5.99. The number of anilines is 3. The van der Waals surface area contributed by atoms with Gasteiger partial charge in [0, 0.05) is 22.4 Å². The molecule has 3 amide bonds. The third kappa shape index (κ3) is 4.87. The Kier molecular flexibility index (Phi) is 5.64. The van der Waals surface area contributed by atoms with Gasteiger partial charge in [0.2, 0.25) is 0 Å². The molecule has 0 saturated heterocycles. The van der Waals surface area contributed by atoms with Gasteiger partial charge in [-0.2, -0.15) is 0 Å². The first-order chi connectivity index (χ1) is 14.2. The SMILES string of the molecule is O=C(Nc1ccccc1)Nc1ccc(NC(=O)c2csc(-c3cccs3)n2)cc1. The van der Waals surface area contributed by atoms with E-state index in [0.29, 0.717) is 22.8 Å². The molecule has 2 aromatic carbocycles. The average molecular weight is 421 g/mol. The molecule has 4 rings (SSSR count). The molecule has 3 N–H and O–H groups in total. The summed E-state index contributed by atoms with van der Waals surface area (Å²) in [7, 11) is 0. The highest BCUT2D eigenvalue weighted by atomic mass is 32.1. The van der Waals surface area contributed by atoms with Crippen molar-refractivity contribution < 1.29 is 9.59 Å². The fraction of sp³-hybridized carbons (Fsp3) is 0. The number of carbonyl (C=O) groups excluding carboxylic acids is 2. The standard InChI is InChI=1S/C21H16N4O2S2/c26-19(17-13-29-20(25-17)18-7-4-12-28-18)22-15-8-10-16(11-9-15)24-21(27)23-14-5-2-1-3-6-14/h1-13H,(H,22,26)(H2,23,24,27). The van der Waals surface area contributed by atoms with Crippen molar-refractivity contribution in [3.8, 4) is 9.88 Å². The Bertz CT molecular complexity index is 1110. The monoisotopic (exact) mass is 420 g/mol. The number of thiazole rings is 1. The predicted octanol–water partition coefficient (Wildman–Crippen LogP) is 5.77. The van der Waals surface area contributed by atoms with E-state index in [0.717, 1.165) is 9.88 Å². The molecule has 0 unspecified atom stereocenters. The number of thiophene rings is 1. The highest BCUT2D eigenvalue weighted by Crippen LogP contribution is 2.28. The summed E-state index contributed by atoms with van der Waals surface area (Å²) in [4.78, 5) is 29.9. The van der Waals surface area contributed by atoms with E-state index in [2.05, 4.69) is 20.9 Å². The summed E-state index contributed by atoms with van der Waals surface area (Å²) in [6.45, 7) is 0. The van der Waals surface area contributed by atoms with Gasteiger partial charge >= 0.3 is 6.03 Å². The van der Waals surface area contributed by atoms with Crippen LogP contribution in [-0.4, -0.2) is 16.9 Å². The highest BCUT2D eigenvalue weighted by molar-refractivity contribution is 7.20. The van der Waals surface area contributed by atoms with E-state index < -0.39 is 0 Å². The van der Waals surface area contributed by atoms with Gasteiger partial charge in [0.15, 0.2) is 0 Å². The fourth-order valence-electron chi connectivity index (χ4n) is 2.54. The van der Waals surface area contributed by atoms with Gasteiger partial charge in [0.25, 0.3) is 5.91 Å². The van der Waals surface area contributed by atoms with Crippen molar-refractivity contribution in [3.63, 3.8) is 0 Å². The smallest absolute Gasteiger partial charge is 0.321 e. The zero-order chi connectivity index (χ0) is 20.1. The lowest BCUT2D eigenvalue weighted by Crippen LogP contribution is -2.19. The van der Waals surface area contributed by atoms with Gasteiger partial charge in [-0.25, -0.2) is 9.78 Å². The molecule has 4 aromatic rings. The second-order valence-corrected chi connectivity index (χ2v) is 7.80. The Morgan fingerprint density at radius 1 is 0.724 bits per heavy atom. The van der Waals surface area contributed by atoms with Gasteiger partial charge < -0.3 is 16.0 Å². The topological polar surface area (TPSA) is 83.1 Å². The Hall–Kier alpha value is -3.49. The van der Waals surface area contributed by atoms with Crippen molar-refractivity contribution in [1.29, 1.82) is 0 Å². The van der Waals surface area contributed by atoms with Gasteiger partial charge in [-0.15, -0.1) is 22.7 Å². The summed E-state index contributed by atoms with van der Waals surface area (Å²) < 4.78 is 0. The number of hydrogen-bond donors (Lipinski definition) is 3. The van der Waals surface area contributed by atoms with Crippen molar-refractivity contribution in [2.24, 2.45) is 0 Å². The number of amides is 3. The van der Waals surface area contributed by atoms with Crippen LogP contribution in [0.15, 0.2) is 77.5 Å². The number of urea groups is 1. The molecule has 144 valence electrons. The largest absolute Gasteiger partial charge is 0.323 e. The van der Waals surface area contributed by atoms with Crippen LogP contribution in [0.5, 0.6) is 0 Å². The predicted molar refractivity (Wildman–Crippen MR) is 119 cm³/mol. The summed E-state index contributed by atoms with van der Waals surface area (Å²) in [6, 6.07) is 19.7. The normalized spacial score (nSPS) is 10.3. The average Bonchev–Trinajstić information content (AvgIpc) is 3.42. The molecule has 0 fully saturated rings. The van der Waals surface area contributed by atoms with Crippen LogP contribution < -0.4 is 16.0 Å². The number of rotatable bonds is 5. The number of nitrogens with one attached hydrogen (secondary N) is 3.